The fraction of sp³-hybridized carbons (Fsp3) is 0.185. The second kappa shape index (κ2) is 12.2. The normalized spacial score (nSPS) is 12.2. The van der Waals surface area contributed by atoms with Gasteiger partial charge in [-0.25, -0.2) is 14.6 Å². The van der Waals surface area contributed by atoms with Crippen LogP contribution in [-0.4, -0.2) is 64.9 Å². The van der Waals surface area contributed by atoms with Gasteiger partial charge in [-0.1, -0.05) is 48.5 Å². The SMILES string of the molecule is CN(C)CCCN1c2cnccc2N=C(c2ccccc2)c2ccccc21.O=C(O)C=CC(=O)O. The number of carboxylic acid groups (broad SMARTS) is 2. The summed E-state index contributed by atoms with van der Waals surface area (Å²) in [4.78, 5) is 33.1. The minimum Gasteiger partial charge on any atom is -0.478 e. The number of rotatable bonds is 7. The predicted molar refractivity (Wildman–Crippen MR) is 137 cm³/mol. The van der Waals surface area contributed by atoms with E-state index in [4.69, 9.17) is 15.2 Å². The van der Waals surface area contributed by atoms with Crippen molar-refractivity contribution in [1.29, 1.82) is 0 Å². The van der Waals surface area contributed by atoms with Crippen LogP contribution in [0.25, 0.3) is 0 Å². The van der Waals surface area contributed by atoms with Crippen LogP contribution in [0.15, 0.2) is 90.2 Å². The Morgan fingerprint density at radius 2 is 1.57 bits per heavy atom. The fourth-order valence-corrected chi connectivity index (χ4v) is 3.65. The van der Waals surface area contributed by atoms with E-state index in [2.05, 4.69) is 77.4 Å². The lowest BCUT2D eigenvalue weighted by Gasteiger charge is -2.26. The Kier molecular flexibility index (Phi) is 8.86. The number of nitrogens with zero attached hydrogens (tertiary/aromatic N) is 4. The van der Waals surface area contributed by atoms with E-state index in [1.807, 2.05) is 24.5 Å². The highest BCUT2D eigenvalue weighted by atomic mass is 16.4. The minimum absolute atomic E-state index is 0.558. The highest BCUT2D eigenvalue weighted by Gasteiger charge is 2.23. The second-order valence-electron chi connectivity index (χ2n) is 8.03. The number of aliphatic carboxylic acids is 2. The highest BCUT2D eigenvalue weighted by Crippen LogP contribution is 2.39. The van der Waals surface area contributed by atoms with Gasteiger partial charge in [0.25, 0.3) is 0 Å². The van der Waals surface area contributed by atoms with Crippen LogP contribution in [-0.2, 0) is 9.59 Å². The first-order valence-corrected chi connectivity index (χ1v) is 11.1. The summed E-state index contributed by atoms with van der Waals surface area (Å²) in [5.41, 5.74) is 6.51. The van der Waals surface area contributed by atoms with Crippen LogP contribution in [0.4, 0.5) is 17.1 Å². The van der Waals surface area contributed by atoms with Crippen molar-refractivity contribution < 1.29 is 19.8 Å². The van der Waals surface area contributed by atoms with E-state index >= 15 is 0 Å². The van der Waals surface area contributed by atoms with E-state index in [0.29, 0.717) is 12.2 Å². The van der Waals surface area contributed by atoms with Gasteiger partial charge in [-0.15, -0.1) is 0 Å². The summed E-state index contributed by atoms with van der Waals surface area (Å²) in [7, 11) is 4.23. The van der Waals surface area contributed by atoms with Gasteiger partial charge in [-0.3, -0.25) is 4.98 Å². The summed E-state index contributed by atoms with van der Waals surface area (Å²) in [5.74, 6) is -2.51. The molecule has 0 saturated carbocycles. The van der Waals surface area contributed by atoms with E-state index in [9.17, 15) is 9.59 Å². The Morgan fingerprint density at radius 1 is 0.914 bits per heavy atom. The van der Waals surface area contributed by atoms with Gasteiger partial charge in [0, 0.05) is 36.0 Å². The van der Waals surface area contributed by atoms with Gasteiger partial charge >= 0.3 is 11.9 Å². The average molecular weight is 473 g/mol. The average Bonchev–Trinajstić information content (AvgIpc) is 2.99. The van der Waals surface area contributed by atoms with Gasteiger partial charge in [-0.2, -0.15) is 0 Å². The number of para-hydroxylation sites is 1. The van der Waals surface area contributed by atoms with Crippen molar-refractivity contribution in [3.05, 3.63) is 96.3 Å². The third-order valence-electron chi connectivity index (χ3n) is 5.15. The monoisotopic (exact) mass is 472 g/mol. The largest absolute Gasteiger partial charge is 0.478 e. The molecule has 2 aromatic carbocycles. The number of aliphatic imine (C=N–C) groups is 1. The molecule has 8 heteroatoms. The summed E-state index contributed by atoms with van der Waals surface area (Å²) < 4.78 is 0. The number of anilines is 2. The maximum absolute atomic E-state index is 9.55. The zero-order valence-electron chi connectivity index (χ0n) is 19.7. The quantitative estimate of drug-likeness (QED) is 0.492. The number of carboxylic acids is 2. The van der Waals surface area contributed by atoms with Crippen molar-refractivity contribution in [3.63, 3.8) is 0 Å². The molecule has 2 heterocycles. The molecule has 1 aliphatic rings. The van der Waals surface area contributed by atoms with Crippen LogP contribution in [0, 0.1) is 0 Å². The van der Waals surface area contributed by atoms with Crippen LogP contribution in [0.2, 0.25) is 0 Å². The van der Waals surface area contributed by atoms with Crippen molar-refractivity contribution >= 4 is 34.7 Å². The van der Waals surface area contributed by atoms with E-state index in [1.54, 1.807) is 0 Å². The Labute approximate surface area is 204 Å². The van der Waals surface area contributed by atoms with Crippen LogP contribution >= 0.6 is 0 Å². The molecule has 0 aliphatic carbocycles. The van der Waals surface area contributed by atoms with Gasteiger partial charge in [0.1, 0.15) is 0 Å². The molecule has 0 radical (unpaired) electrons. The number of carbonyl (C=O) groups is 2. The molecular formula is C27H28N4O4. The van der Waals surface area contributed by atoms with Crippen molar-refractivity contribution in [2.45, 2.75) is 6.42 Å². The standard InChI is InChI=1S/C23H24N4.C4H4O4/c1-26(2)15-8-16-27-21-12-7-6-11-19(21)23(18-9-4-3-5-10-18)25-20-13-14-24-17-22(20)27;5-3(6)1-2-4(7)8/h3-7,9-14,17H,8,15-16H2,1-2H3;1-2H,(H,5,6)(H,7,8). The molecular weight excluding hydrogens is 444 g/mol. The molecule has 180 valence electrons. The van der Waals surface area contributed by atoms with Crippen LogP contribution in [0.5, 0.6) is 0 Å². The van der Waals surface area contributed by atoms with E-state index in [0.717, 1.165) is 47.7 Å². The summed E-state index contributed by atoms with van der Waals surface area (Å²) in [5, 5.41) is 15.6. The van der Waals surface area contributed by atoms with Crippen molar-refractivity contribution in [3.8, 4) is 0 Å². The van der Waals surface area contributed by atoms with E-state index in [-0.39, 0.29) is 0 Å². The van der Waals surface area contributed by atoms with Crippen molar-refractivity contribution in [1.82, 2.24) is 9.88 Å². The van der Waals surface area contributed by atoms with Crippen molar-refractivity contribution in [2.75, 3.05) is 32.1 Å². The molecule has 0 unspecified atom stereocenters. The lowest BCUT2D eigenvalue weighted by Crippen LogP contribution is -2.24. The van der Waals surface area contributed by atoms with Crippen LogP contribution in [0.1, 0.15) is 17.5 Å². The molecule has 0 bridgehead atoms. The number of hydrogen-bond acceptors (Lipinski definition) is 6. The van der Waals surface area contributed by atoms with E-state index < -0.39 is 11.9 Å². The molecule has 0 fully saturated rings. The molecule has 3 aromatic rings. The number of fused-ring (bicyclic) bond motifs is 2. The molecule has 0 saturated heterocycles. The first-order valence-electron chi connectivity index (χ1n) is 11.1. The topological polar surface area (TPSA) is 106 Å². The first kappa shape index (κ1) is 25.3. The van der Waals surface area contributed by atoms with Gasteiger partial charge in [0.05, 0.1) is 29.0 Å². The third kappa shape index (κ3) is 7.09. The first-order chi connectivity index (χ1) is 16.9. The van der Waals surface area contributed by atoms with Gasteiger partial charge in [0.15, 0.2) is 0 Å². The molecule has 35 heavy (non-hydrogen) atoms. The Hall–Kier alpha value is -4.30. The summed E-state index contributed by atoms with van der Waals surface area (Å²) >= 11 is 0. The lowest BCUT2D eigenvalue weighted by atomic mass is 10.00. The number of pyridine rings is 1. The lowest BCUT2D eigenvalue weighted by molar-refractivity contribution is -0.134. The molecule has 2 N–H and O–H groups in total. The van der Waals surface area contributed by atoms with Gasteiger partial charge < -0.3 is 20.0 Å². The smallest absolute Gasteiger partial charge is 0.328 e. The molecule has 0 atom stereocenters. The molecule has 8 nitrogen and oxygen atoms in total. The molecule has 4 rings (SSSR count). The number of benzene rings is 2. The Balaban J connectivity index is 0.000000371. The molecule has 0 spiro atoms. The summed E-state index contributed by atoms with van der Waals surface area (Å²) in [6.07, 6.45) is 5.93. The summed E-state index contributed by atoms with van der Waals surface area (Å²) in [6.45, 7) is 1.96. The van der Waals surface area contributed by atoms with Crippen LogP contribution in [0.3, 0.4) is 0 Å². The zero-order chi connectivity index (χ0) is 25.2. The van der Waals surface area contributed by atoms with Crippen LogP contribution < -0.4 is 4.90 Å². The number of aromatic nitrogens is 1. The highest BCUT2D eigenvalue weighted by molar-refractivity contribution is 6.18. The Morgan fingerprint density at radius 3 is 2.23 bits per heavy atom. The third-order valence-corrected chi connectivity index (χ3v) is 5.15. The predicted octanol–water partition coefficient (Wildman–Crippen LogP) is 4.37. The van der Waals surface area contributed by atoms with E-state index in [1.165, 1.54) is 5.69 Å². The number of hydrogen-bond donors (Lipinski definition) is 2. The Bertz CT molecular complexity index is 1210. The maximum Gasteiger partial charge on any atom is 0.328 e. The van der Waals surface area contributed by atoms with Gasteiger partial charge in [-0.05, 0) is 39.2 Å². The zero-order valence-corrected chi connectivity index (χ0v) is 19.7. The molecule has 1 aromatic heterocycles. The molecule has 1 aliphatic heterocycles. The summed E-state index contributed by atoms with van der Waals surface area (Å²) in [6, 6.07) is 21.0. The van der Waals surface area contributed by atoms with Gasteiger partial charge in [0.2, 0.25) is 0 Å². The maximum atomic E-state index is 9.55. The molecule has 0 amide bonds. The second-order valence-corrected chi connectivity index (χ2v) is 8.03. The minimum atomic E-state index is -1.26. The fourth-order valence-electron chi connectivity index (χ4n) is 3.65. The van der Waals surface area contributed by atoms with Crippen molar-refractivity contribution in [2.24, 2.45) is 4.99 Å².